The molecule has 1 aromatic rings. The van der Waals surface area contributed by atoms with Gasteiger partial charge in [-0.1, -0.05) is 12.1 Å². The minimum Gasteiger partial charge on any atom is -0.504 e. The third-order valence-corrected chi connectivity index (χ3v) is 1.55. The highest BCUT2D eigenvalue weighted by molar-refractivity contribution is 5.74. The highest BCUT2D eigenvalue weighted by Crippen LogP contribution is 2.26. The molecule has 3 nitrogen and oxygen atoms in total. The van der Waals surface area contributed by atoms with Gasteiger partial charge >= 0.3 is 0 Å². The highest BCUT2D eigenvalue weighted by Gasteiger charge is 1.99. The van der Waals surface area contributed by atoms with Gasteiger partial charge in [-0.15, -0.1) is 0 Å². The first-order valence-electron chi connectivity index (χ1n) is 3.69. The van der Waals surface area contributed by atoms with Crippen molar-refractivity contribution < 1.29 is 14.6 Å². The van der Waals surface area contributed by atoms with Gasteiger partial charge in [-0.05, 0) is 23.8 Å². The number of hydrogen-bond donors (Lipinski definition) is 1. The SMILES string of the molecule is COc1cc(C=C[C]=O)ccc1O. The zero-order valence-electron chi connectivity index (χ0n) is 7.15. The Kier molecular flexibility index (Phi) is 3.09. The van der Waals surface area contributed by atoms with E-state index in [1.54, 1.807) is 24.5 Å². The van der Waals surface area contributed by atoms with Crippen molar-refractivity contribution in [2.45, 2.75) is 0 Å². The van der Waals surface area contributed by atoms with E-state index in [0.717, 1.165) is 5.56 Å². The summed E-state index contributed by atoms with van der Waals surface area (Å²) in [6, 6.07) is 4.80. The van der Waals surface area contributed by atoms with Crippen LogP contribution < -0.4 is 4.74 Å². The fraction of sp³-hybridized carbons (Fsp3) is 0.100. The molecule has 0 fully saturated rings. The maximum atomic E-state index is 9.91. The number of rotatable bonds is 3. The third-order valence-electron chi connectivity index (χ3n) is 1.55. The number of phenolic OH excluding ortho intramolecular Hbond substituents is 1. The zero-order chi connectivity index (χ0) is 9.68. The standard InChI is InChI=1S/C10H9O3/c1-13-10-7-8(3-2-6-11)4-5-9(10)12/h2-5,7,12H,1H3. The van der Waals surface area contributed by atoms with Crippen LogP contribution >= 0.6 is 0 Å². The second-order valence-electron chi connectivity index (χ2n) is 2.38. The van der Waals surface area contributed by atoms with E-state index in [1.165, 1.54) is 19.3 Å². The molecule has 0 aromatic heterocycles. The van der Waals surface area contributed by atoms with Crippen molar-refractivity contribution in [3.05, 3.63) is 29.8 Å². The first kappa shape index (κ1) is 9.32. The molecule has 0 heterocycles. The fourth-order valence-corrected chi connectivity index (χ4v) is 0.928. The van der Waals surface area contributed by atoms with Gasteiger partial charge in [0.15, 0.2) is 11.5 Å². The molecule has 0 amide bonds. The normalized spacial score (nSPS) is 10.2. The summed E-state index contributed by atoms with van der Waals surface area (Å²) < 4.78 is 4.88. The lowest BCUT2D eigenvalue weighted by Crippen LogP contribution is -1.84. The van der Waals surface area contributed by atoms with Gasteiger partial charge in [0.25, 0.3) is 0 Å². The van der Waals surface area contributed by atoms with E-state index >= 15 is 0 Å². The third kappa shape index (κ3) is 2.33. The minimum atomic E-state index is 0.0785. The van der Waals surface area contributed by atoms with Gasteiger partial charge in [-0.3, -0.25) is 4.79 Å². The summed E-state index contributed by atoms with van der Waals surface area (Å²) in [4.78, 5) is 9.91. The topological polar surface area (TPSA) is 46.5 Å². The average Bonchev–Trinajstić information content (AvgIpc) is 2.16. The molecule has 67 valence electrons. The summed E-state index contributed by atoms with van der Waals surface area (Å²) in [5.74, 6) is 0.461. The molecular weight excluding hydrogens is 168 g/mol. The Morgan fingerprint density at radius 1 is 1.54 bits per heavy atom. The summed E-state index contributed by atoms with van der Waals surface area (Å²) >= 11 is 0. The molecule has 3 heteroatoms. The molecule has 0 aliphatic carbocycles. The van der Waals surface area contributed by atoms with E-state index < -0.39 is 0 Å². The lowest BCUT2D eigenvalue weighted by molar-refractivity contribution is 0.373. The number of ether oxygens (including phenoxy) is 1. The Bertz CT molecular complexity index is 329. The van der Waals surface area contributed by atoms with Crippen LogP contribution in [0.4, 0.5) is 0 Å². The van der Waals surface area contributed by atoms with E-state index in [4.69, 9.17) is 4.74 Å². The molecule has 0 unspecified atom stereocenters. The van der Waals surface area contributed by atoms with Crippen LogP contribution in [0.3, 0.4) is 0 Å². The fourth-order valence-electron chi connectivity index (χ4n) is 0.928. The number of carbonyl (C=O) groups excluding carboxylic acids is 1. The summed E-state index contributed by atoms with van der Waals surface area (Å²) in [5.41, 5.74) is 0.776. The largest absolute Gasteiger partial charge is 0.504 e. The van der Waals surface area contributed by atoms with Gasteiger partial charge in [0.1, 0.15) is 0 Å². The Morgan fingerprint density at radius 3 is 2.92 bits per heavy atom. The van der Waals surface area contributed by atoms with Crippen molar-refractivity contribution >= 4 is 12.4 Å². The number of phenols is 1. The first-order valence-corrected chi connectivity index (χ1v) is 3.69. The molecule has 1 N–H and O–H groups in total. The summed E-state index contributed by atoms with van der Waals surface area (Å²) in [7, 11) is 1.47. The molecule has 0 atom stereocenters. The van der Waals surface area contributed by atoms with Gasteiger partial charge in [-0.25, -0.2) is 0 Å². The van der Waals surface area contributed by atoms with Crippen molar-refractivity contribution in [1.29, 1.82) is 0 Å². The Hall–Kier alpha value is -1.77. The maximum Gasteiger partial charge on any atom is 0.225 e. The van der Waals surface area contributed by atoms with Crippen LogP contribution in [0.5, 0.6) is 11.5 Å². The molecule has 13 heavy (non-hydrogen) atoms. The molecule has 1 rings (SSSR count). The average molecular weight is 177 g/mol. The summed E-state index contributed by atoms with van der Waals surface area (Å²) in [6.07, 6.45) is 4.47. The van der Waals surface area contributed by atoms with Gasteiger partial charge in [0.05, 0.1) is 7.11 Å². The van der Waals surface area contributed by atoms with E-state index in [0.29, 0.717) is 5.75 Å². The van der Waals surface area contributed by atoms with Crippen LogP contribution in [0.1, 0.15) is 5.56 Å². The quantitative estimate of drug-likeness (QED) is 0.712. The van der Waals surface area contributed by atoms with Crippen LogP contribution in [0, 0.1) is 0 Å². The van der Waals surface area contributed by atoms with Crippen molar-refractivity contribution in [2.24, 2.45) is 0 Å². The molecular formula is C10H9O3. The van der Waals surface area contributed by atoms with Crippen molar-refractivity contribution in [3.8, 4) is 11.5 Å². The summed E-state index contributed by atoms with van der Waals surface area (Å²) in [6.45, 7) is 0. The van der Waals surface area contributed by atoms with Crippen LogP contribution in [0.25, 0.3) is 6.08 Å². The molecule has 0 spiro atoms. The number of aromatic hydroxyl groups is 1. The van der Waals surface area contributed by atoms with Gasteiger partial charge in [0, 0.05) is 0 Å². The second kappa shape index (κ2) is 4.30. The van der Waals surface area contributed by atoms with Gasteiger partial charge in [0.2, 0.25) is 6.29 Å². The van der Waals surface area contributed by atoms with Gasteiger partial charge in [-0.2, -0.15) is 0 Å². The molecule has 0 saturated heterocycles. The molecule has 1 radical (unpaired) electrons. The smallest absolute Gasteiger partial charge is 0.225 e. The van der Waals surface area contributed by atoms with E-state index in [9.17, 15) is 9.90 Å². The summed E-state index contributed by atoms with van der Waals surface area (Å²) in [5, 5.41) is 9.23. The van der Waals surface area contributed by atoms with Crippen LogP contribution in [-0.4, -0.2) is 18.5 Å². The van der Waals surface area contributed by atoms with E-state index in [2.05, 4.69) is 0 Å². The van der Waals surface area contributed by atoms with E-state index in [1.807, 2.05) is 0 Å². The molecule has 0 aliphatic heterocycles. The van der Waals surface area contributed by atoms with Crippen molar-refractivity contribution in [2.75, 3.05) is 7.11 Å². The van der Waals surface area contributed by atoms with E-state index in [-0.39, 0.29) is 5.75 Å². The van der Waals surface area contributed by atoms with Crippen LogP contribution in [0.15, 0.2) is 24.3 Å². The minimum absolute atomic E-state index is 0.0785. The molecule has 0 bridgehead atoms. The number of hydrogen-bond acceptors (Lipinski definition) is 3. The Labute approximate surface area is 76.3 Å². The van der Waals surface area contributed by atoms with Crippen molar-refractivity contribution in [1.82, 2.24) is 0 Å². The molecule has 0 saturated carbocycles. The monoisotopic (exact) mass is 177 g/mol. The predicted octanol–water partition coefficient (Wildman–Crippen LogP) is 1.52. The zero-order valence-corrected chi connectivity index (χ0v) is 7.15. The van der Waals surface area contributed by atoms with Crippen molar-refractivity contribution in [3.63, 3.8) is 0 Å². The Balaban J connectivity index is 2.99. The second-order valence-corrected chi connectivity index (χ2v) is 2.38. The predicted molar refractivity (Wildman–Crippen MR) is 49.4 cm³/mol. The number of allylic oxidation sites excluding steroid dienone is 1. The van der Waals surface area contributed by atoms with Crippen LogP contribution in [0.2, 0.25) is 0 Å². The molecule has 1 aromatic carbocycles. The Morgan fingerprint density at radius 2 is 2.31 bits per heavy atom. The maximum absolute atomic E-state index is 9.91. The number of benzene rings is 1. The lowest BCUT2D eigenvalue weighted by atomic mass is 10.2. The number of methoxy groups -OCH3 is 1. The highest BCUT2D eigenvalue weighted by atomic mass is 16.5. The van der Waals surface area contributed by atoms with Gasteiger partial charge < -0.3 is 9.84 Å². The van der Waals surface area contributed by atoms with Crippen LogP contribution in [-0.2, 0) is 4.79 Å². The lowest BCUT2D eigenvalue weighted by Gasteiger charge is -2.02. The first-order chi connectivity index (χ1) is 6.27. The molecule has 0 aliphatic rings.